The lowest BCUT2D eigenvalue weighted by atomic mass is 10.1. The zero-order valence-electron chi connectivity index (χ0n) is 18.2. The van der Waals surface area contributed by atoms with Crippen molar-refractivity contribution in [1.82, 2.24) is 9.80 Å². The third-order valence-corrected chi connectivity index (χ3v) is 6.42. The van der Waals surface area contributed by atoms with Crippen LogP contribution in [0, 0.1) is 0 Å². The van der Waals surface area contributed by atoms with Gasteiger partial charge in [-0.1, -0.05) is 58.4 Å². The fourth-order valence-corrected chi connectivity index (χ4v) is 4.26. The average molecular weight is 495 g/mol. The maximum absolute atomic E-state index is 13.1. The summed E-state index contributed by atoms with van der Waals surface area (Å²) in [6, 6.07) is 23.5. The lowest BCUT2D eigenvalue weighted by molar-refractivity contribution is 0.0628. The number of nitrogens with zero attached hydrogens (tertiary/aromatic N) is 2. The molecule has 1 heterocycles. The second-order valence-corrected chi connectivity index (χ2v) is 8.65. The van der Waals surface area contributed by atoms with E-state index in [2.05, 4.69) is 39.0 Å². The summed E-state index contributed by atoms with van der Waals surface area (Å²) in [7, 11) is 1.62. The number of para-hydroxylation sites is 2. The first-order valence-electron chi connectivity index (χ1n) is 10.7. The van der Waals surface area contributed by atoms with E-state index in [1.54, 1.807) is 7.11 Å². The number of methoxy groups -OCH3 is 1. The SMILES string of the molecule is COc1ccccc1OCc1cccc(C(=O)N2CCN(Cc3ccccc3Br)CC2)c1. The van der Waals surface area contributed by atoms with Crippen LogP contribution in [0.5, 0.6) is 11.5 Å². The van der Waals surface area contributed by atoms with Crippen LogP contribution in [0.15, 0.2) is 77.3 Å². The molecule has 0 unspecified atom stereocenters. The van der Waals surface area contributed by atoms with E-state index in [0.29, 0.717) is 23.7 Å². The first kappa shape index (κ1) is 22.4. The molecule has 32 heavy (non-hydrogen) atoms. The van der Waals surface area contributed by atoms with Gasteiger partial charge in [0.05, 0.1) is 7.11 Å². The van der Waals surface area contributed by atoms with Crippen LogP contribution in [0.25, 0.3) is 0 Å². The van der Waals surface area contributed by atoms with Gasteiger partial charge < -0.3 is 14.4 Å². The molecule has 1 saturated heterocycles. The van der Waals surface area contributed by atoms with Crippen LogP contribution in [0.3, 0.4) is 0 Å². The Morgan fingerprint density at radius 2 is 1.62 bits per heavy atom. The Bertz CT molecular complexity index is 1060. The van der Waals surface area contributed by atoms with Crippen molar-refractivity contribution in [3.63, 3.8) is 0 Å². The lowest BCUT2D eigenvalue weighted by Gasteiger charge is -2.35. The fraction of sp³-hybridized carbons (Fsp3) is 0.269. The number of rotatable bonds is 7. The van der Waals surface area contributed by atoms with Crippen molar-refractivity contribution in [1.29, 1.82) is 0 Å². The highest BCUT2D eigenvalue weighted by molar-refractivity contribution is 9.10. The highest BCUT2D eigenvalue weighted by atomic mass is 79.9. The summed E-state index contributed by atoms with van der Waals surface area (Å²) in [5, 5.41) is 0. The van der Waals surface area contributed by atoms with Crippen LogP contribution in [0.1, 0.15) is 21.5 Å². The monoisotopic (exact) mass is 494 g/mol. The molecule has 0 spiro atoms. The molecular weight excluding hydrogens is 468 g/mol. The van der Waals surface area contributed by atoms with E-state index in [-0.39, 0.29) is 5.91 Å². The summed E-state index contributed by atoms with van der Waals surface area (Å²) >= 11 is 3.62. The Kier molecular flexibility index (Phi) is 7.45. The van der Waals surface area contributed by atoms with Gasteiger partial charge in [-0.05, 0) is 41.5 Å². The van der Waals surface area contributed by atoms with Crippen molar-refractivity contribution in [3.8, 4) is 11.5 Å². The molecule has 0 radical (unpaired) electrons. The number of halogens is 1. The van der Waals surface area contributed by atoms with Gasteiger partial charge in [-0.25, -0.2) is 0 Å². The second-order valence-electron chi connectivity index (χ2n) is 7.80. The first-order valence-corrected chi connectivity index (χ1v) is 11.5. The van der Waals surface area contributed by atoms with Gasteiger partial charge in [0, 0.05) is 42.8 Å². The molecular formula is C26H27BrN2O3. The minimum Gasteiger partial charge on any atom is -0.493 e. The molecule has 3 aromatic rings. The molecule has 3 aromatic carbocycles. The second kappa shape index (κ2) is 10.7. The number of carbonyl (C=O) groups excluding carboxylic acids is 1. The molecule has 1 amide bonds. The third-order valence-electron chi connectivity index (χ3n) is 5.65. The zero-order chi connectivity index (χ0) is 22.3. The number of amides is 1. The van der Waals surface area contributed by atoms with Crippen molar-refractivity contribution in [2.24, 2.45) is 0 Å². The summed E-state index contributed by atoms with van der Waals surface area (Å²) in [4.78, 5) is 17.4. The fourth-order valence-electron chi connectivity index (χ4n) is 3.85. The molecule has 1 aliphatic rings. The topological polar surface area (TPSA) is 42.0 Å². The van der Waals surface area contributed by atoms with E-state index < -0.39 is 0 Å². The predicted molar refractivity (Wildman–Crippen MR) is 129 cm³/mol. The summed E-state index contributed by atoms with van der Waals surface area (Å²) in [5.41, 5.74) is 2.93. The zero-order valence-corrected chi connectivity index (χ0v) is 19.8. The number of carbonyl (C=O) groups is 1. The Morgan fingerprint density at radius 1 is 0.906 bits per heavy atom. The van der Waals surface area contributed by atoms with Gasteiger partial charge in [0.1, 0.15) is 6.61 Å². The smallest absolute Gasteiger partial charge is 0.253 e. The first-order chi connectivity index (χ1) is 15.6. The number of ether oxygens (including phenoxy) is 2. The molecule has 166 valence electrons. The van der Waals surface area contributed by atoms with Gasteiger partial charge in [0.2, 0.25) is 0 Å². The van der Waals surface area contributed by atoms with Crippen molar-refractivity contribution < 1.29 is 14.3 Å². The van der Waals surface area contributed by atoms with Gasteiger partial charge in [0.25, 0.3) is 5.91 Å². The molecule has 1 fully saturated rings. The quantitative estimate of drug-likeness (QED) is 0.463. The van der Waals surface area contributed by atoms with Gasteiger partial charge >= 0.3 is 0 Å². The maximum atomic E-state index is 13.1. The van der Waals surface area contributed by atoms with Crippen LogP contribution in [-0.4, -0.2) is 49.0 Å². The van der Waals surface area contributed by atoms with Crippen LogP contribution in [-0.2, 0) is 13.2 Å². The van der Waals surface area contributed by atoms with Gasteiger partial charge in [0.15, 0.2) is 11.5 Å². The molecule has 4 rings (SSSR count). The summed E-state index contributed by atoms with van der Waals surface area (Å²) in [6.45, 7) is 4.45. The molecule has 6 heteroatoms. The normalized spacial score (nSPS) is 14.2. The Balaban J connectivity index is 1.33. The van der Waals surface area contributed by atoms with Gasteiger partial charge in [-0.15, -0.1) is 0 Å². The van der Waals surface area contributed by atoms with Crippen LogP contribution >= 0.6 is 15.9 Å². The van der Waals surface area contributed by atoms with Crippen LogP contribution < -0.4 is 9.47 Å². The highest BCUT2D eigenvalue weighted by Crippen LogP contribution is 2.27. The summed E-state index contributed by atoms with van der Waals surface area (Å²) in [6.07, 6.45) is 0. The van der Waals surface area contributed by atoms with Gasteiger partial charge in [-0.3, -0.25) is 9.69 Å². The standard InChI is InChI=1S/C26H27BrN2O3/c1-31-24-11-4-5-12-25(24)32-19-20-7-6-9-21(17-20)26(30)29-15-13-28(14-16-29)18-22-8-2-3-10-23(22)27/h2-12,17H,13-16,18-19H2,1H3. The van der Waals surface area contributed by atoms with E-state index >= 15 is 0 Å². The van der Waals surface area contributed by atoms with E-state index in [9.17, 15) is 4.79 Å². The molecule has 5 nitrogen and oxygen atoms in total. The molecule has 0 bridgehead atoms. The molecule has 0 atom stereocenters. The largest absolute Gasteiger partial charge is 0.493 e. The van der Waals surface area contributed by atoms with E-state index in [1.165, 1.54) is 5.56 Å². The molecule has 0 aliphatic carbocycles. The average Bonchev–Trinajstić information content (AvgIpc) is 2.84. The molecule has 0 saturated carbocycles. The van der Waals surface area contributed by atoms with E-state index in [1.807, 2.05) is 59.5 Å². The number of hydrogen-bond donors (Lipinski definition) is 0. The molecule has 0 aromatic heterocycles. The summed E-state index contributed by atoms with van der Waals surface area (Å²) < 4.78 is 12.4. The summed E-state index contributed by atoms with van der Waals surface area (Å²) in [5.74, 6) is 1.46. The van der Waals surface area contributed by atoms with Crippen LogP contribution in [0.4, 0.5) is 0 Å². The van der Waals surface area contributed by atoms with Gasteiger partial charge in [-0.2, -0.15) is 0 Å². The van der Waals surface area contributed by atoms with Crippen LogP contribution in [0.2, 0.25) is 0 Å². The minimum absolute atomic E-state index is 0.0738. The third kappa shape index (κ3) is 5.50. The van der Waals surface area contributed by atoms with Crippen molar-refractivity contribution in [2.45, 2.75) is 13.2 Å². The predicted octanol–water partition coefficient (Wildman–Crippen LogP) is 4.99. The molecule has 1 aliphatic heterocycles. The maximum Gasteiger partial charge on any atom is 0.253 e. The number of hydrogen-bond acceptors (Lipinski definition) is 4. The number of benzene rings is 3. The van der Waals surface area contributed by atoms with Crippen molar-refractivity contribution in [2.75, 3.05) is 33.3 Å². The number of piperazine rings is 1. The molecule has 0 N–H and O–H groups in total. The van der Waals surface area contributed by atoms with Crippen molar-refractivity contribution in [3.05, 3.63) is 94.0 Å². The van der Waals surface area contributed by atoms with E-state index in [0.717, 1.165) is 42.8 Å². The Hall–Kier alpha value is -2.83. The lowest BCUT2D eigenvalue weighted by Crippen LogP contribution is -2.48. The Morgan fingerprint density at radius 3 is 2.38 bits per heavy atom. The minimum atomic E-state index is 0.0738. The Labute approximate surface area is 197 Å². The van der Waals surface area contributed by atoms with Crippen molar-refractivity contribution >= 4 is 21.8 Å². The van der Waals surface area contributed by atoms with E-state index in [4.69, 9.17) is 9.47 Å². The highest BCUT2D eigenvalue weighted by Gasteiger charge is 2.22.